The first kappa shape index (κ1) is 24.7. The van der Waals surface area contributed by atoms with E-state index in [0.717, 1.165) is 72.7 Å². The van der Waals surface area contributed by atoms with Crippen LogP contribution in [-0.4, -0.2) is 33.9 Å². The summed E-state index contributed by atoms with van der Waals surface area (Å²) in [6.07, 6.45) is 5.15. The van der Waals surface area contributed by atoms with Crippen molar-refractivity contribution in [3.05, 3.63) is 76.2 Å². The van der Waals surface area contributed by atoms with Crippen molar-refractivity contribution in [3.63, 3.8) is 0 Å². The maximum absolute atomic E-state index is 13.4. The van der Waals surface area contributed by atoms with Gasteiger partial charge >= 0.3 is 0 Å². The lowest BCUT2D eigenvalue weighted by Crippen LogP contribution is -2.37. The molecule has 35 heavy (non-hydrogen) atoms. The molecular formula is C30H36N4O. The number of aryl methyl sites for hydroxylation is 3. The Morgan fingerprint density at radius 1 is 1.14 bits per heavy atom. The number of aromatic nitrogens is 2. The van der Waals surface area contributed by atoms with Crippen molar-refractivity contribution in [2.75, 3.05) is 13.1 Å². The van der Waals surface area contributed by atoms with Gasteiger partial charge in [0.2, 0.25) is 0 Å². The normalized spacial score (nSPS) is 14.3. The highest BCUT2D eigenvalue weighted by atomic mass is 16.2. The van der Waals surface area contributed by atoms with Crippen LogP contribution in [0.15, 0.2) is 42.5 Å². The Labute approximate surface area is 209 Å². The summed E-state index contributed by atoms with van der Waals surface area (Å²) < 4.78 is 0. The minimum absolute atomic E-state index is 0.0925. The predicted octanol–water partition coefficient (Wildman–Crippen LogP) is 6.56. The van der Waals surface area contributed by atoms with Crippen molar-refractivity contribution in [3.8, 4) is 17.3 Å². The summed E-state index contributed by atoms with van der Waals surface area (Å²) >= 11 is 0. The third-order valence-corrected chi connectivity index (χ3v) is 7.16. The predicted molar refractivity (Wildman–Crippen MR) is 140 cm³/mol. The largest absolute Gasteiger partial charge is 0.346 e. The first-order valence-corrected chi connectivity index (χ1v) is 12.8. The van der Waals surface area contributed by atoms with Crippen molar-refractivity contribution in [2.45, 2.75) is 65.7 Å². The van der Waals surface area contributed by atoms with Crippen LogP contribution in [-0.2, 0) is 6.42 Å². The van der Waals surface area contributed by atoms with E-state index in [1.54, 1.807) is 0 Å². The lowest BCUT2D eigenvalue weighted by molar-refractivity contribution is 0.0713. The molecule has 1 aromatic heterocycles. The summed E-state index contributed by atoms with van der Waals surface area (Å²) in [4.78, 5) is 23.7. The van der Waals surface area contributed by atoms with Crippen LogP contribution in [0, 0.1) is 31.1 Å². The van der Waals surface area contributed by atoms with Gasteiger partial charge in [0.1, 0.15) is 5.82 Å². The number of imidazole rings is 1. The molecular weight excluding hydrogens is 432 g/mol. The van der Waals surface area contributed by atoms with Gasteiger partial charge in [-0.25, -0.2) is 4.98 Å². The molecule has 1 fully saturated rings. The zero-order valence-corrected chi connectivity index (χ0v) is 21.4. The van der Waals surface area contributed by atoms with Gasteiger partial charge in [-0.2, -0.15) is 5.26 Å². The molecule has 0 radical (unpaired) electrons. The van der Waals surface area contributed by atoms with E-state index in [1.807, 2.05) is 35.2 Å². The van der Waals surface area contributed by atoms with Gasteiger partial charge in [0.15, 0.2) is 0 Å². The standard InChI is InChI=1S/C30H36N4O/c1-20(2)6-5-7-28-32-22(4)29(33-28)27-18-26(11-8-21(27)3)30(35)34-16-14-25(15-17-34)24-12-9-23(19-31)10-13-24/h8-13,18,20,25H,5-7,14-17H2,1-4H3,(H,32,33). The number of nitrogens with zero attached hydrogens (tertiary/aromatic N) is 3. The van der Waals surface area contributed by atoms with Crippen LogP contribution >= 0.6 is 0 Å². The summed E-state index contributed by atoms with van der Waals surface area (Å²) in [5.74, 6) is 2.25. The van der Waals surface area contributed by atoms with Gasteiger partial charge in [0.25, 0.3) is 5.91 Å². The van der Waals surface area contributed by atoms with Crippen LogP contribution in [0.25, 0.3) is 11.3 Å². The van der Waals surface area contributed by atoms with E-state index in [-0.39, 0.29) is 5.91 Å². The van der Waals surface area contributed by atoms with Gasteiger partial charge in [-0.15, -0.1) is 0 Å². The lowest BCUT2D eigenvalue weighted by Gasteiger charge is -2.32. The number of carbonyl (C=O) groups is 1. The van der Waals surface area contributed by atoms with Gasteiger partial charge in [-0.1, -0.05) is 38.5 Å². The number of hydrogen-bond donors (Lipinski definition) is 1. The molecule has 1 amide bonds. The molecule has 4 rings (SSSR count). The second-order valence-electron chi connectivity index (χ2n) is 10.3. The minimum atomic E-state index is 0.0925. The molecule has 0 aliphatic carbocycles. The molecule has 0 atom stereocenters. The number of benzene rings is 2. The first-order valence-electron chi connectivity index (χ1n) is 12.8. The number of likely N-dealkylation sites (tertiary alicyclic amines) is 1. The lowest BCUT2D eigenvalue weighted by atomic mass is 9.88. The highest BCUT2D eigenvalue weighted by molar-refractivity contribution is 5.95. The number of carbonyl (C=O) groups excluding carboxylic acids is 1. The Bertz CT molecular complexity index is 1210. The fraction of sp³-hybridized carbons (Fsp3) is 0.433. The van der Waals surface area contributed by atoms with Crippen LogP contribution < -0.4 is 0 Å². The van der Waals surface area contributed by atoms with Crippen molar-refractivity contribution < 1.29 is 4.79 Å². The number of nitrogens with one attached hydrogen (secondary N) is 1. The molecule has 1 saturated heterocycles. The fourth-order valence-corrected chi connectivity index (χ4v) is 5.02. The Hall–Kier alpha value is -3.39. The average Bonchev–Trinajstić information content (AvgIpc) is 3.23. The Morgan fingerprint density at radius 3 is 2.51 bits per heavy atom. The maximum atomic E-state index is 13.4. The summed E-state index contributed by atoms with van der Waals surface area (Å²) in [6.45, 7) is 10.1. The number of H-pyrrole nitrogens is 1. The third kappa shape index (κ3) is 5.82. The Morgan fingerprint density at radius 2 is 1.86 bits per heavy atom. The number of nitriles is 1. The van der Waals surface area contributed by atoms with Crippen LogP contribution in [0.4, 0.5) is 0 Å². The summed E-state index contributed by atoms with van der Waals surface area (Å²) in [7, 11) is 0. The maximum Gasteiger partial charge on any atom is 0.253 e. The minimum Gasteiger partial charge on any atom is -0.346 e. The number of piperidine rings is 1. The van der Waals surface area contributed by atoms with Crippen LogP contribution in [0.1, 0.15) is 84.0 Å². The smallest absolute Gasteiger partial charge is 0.253 e. The molecule has 0 unspecified atom stereocenters. The van der Waals surface area contributed by atoms with Crippen molar-refractivity contribution >= 4 is 5.91 Å². The van der Waals surface area contributed by atoms with Crippen LogP contribution in [0.2, 0.25) is 0 Å². The average molecular weight is 469 g/mol. The molecule has 1 aliphatic rings. The number of hydrogen-bond acceptors (Lipinski definition) is 3. The summed E-state index contributed by atoms with van der Waals surface area (Å²) in [6, 6.07) is 16.0. The fourth-order valence-electron chi connectivity index (χ4n) is 5.02. The molecule has 2 heterocycles. The summed E-state index contributed by atoms with van der Waals surface area (Å²) in [5.41, 5.74) is 6.85. The van der Waals surface area contributed by atoms with Crippen molar-refractivity contribution in [1.82, 2.24) is 14.9 Å². The molecule has 3 aromatic rings. The second-order valence-corrected chi connectivity index (χ2v) is 10.3. The Kier molecular flexibility index (Phi) is 7.70. The quantitative estimate of drug-likeness (QED) is 0.426. The molecule has 0 spiro atoms. The van der Waals surface area contributed by atoms with Crippen molar-refractivity contribution in [2.24, 2.45) is 5.92 Å². The van der Waals surface area contributed by atoms with Gasteiger partial charge in [0.05, 0.1) is 17.3 Å². The zero-order valence-electron chi connectivity index (χ0n) is 21.4. The van der Waals surface area contributed by atoms with Crippen LogP contribution in [0.3, 0.4) is 0 Å². The molecule has 1 aliphatic heterocycles. The molecule has 5 nitrogen and oxygen atoms in total. The molecule has 5 heteroatoms. The SMILES string of the molecule is Cc1ccc(C(=O)N2CCC(c3ccc(C#N)cc3)CC2)cc1-c1nc(CCCC(C)C)[nH]c1C. The van der Waals surface area contributed by atoms with Gasteiger partial charge in [0, 0.05) is 36.3 Å². The van der Waals surface area contributed by atoms with E-state index in [2.05, 4.69) is 50.9 Å². The van der Waals surface area contributed by atoms with E-state index < -0.39 is 0 Å². The molecule has 182 valence electrons. The third-order valence-electron chi connectivity index (χ3n) is 7.16. The summed E-state index contributed by atoms with van der Waals surface area (Å²) in [5, 5.41) is 9.02. The van der Waals surface area contributed by atoms with Crippen LogP contribution in [0.5, 0.6) is 0 Å². The van der Waals surface area contributed by atoms with E-state index in [9.17, 15) is 4.79 Å². The van der Waals surface area contributed by atoms with E-state index >= 15 is 0 Å². The van der Waals surface area contributed by atoms with Gasteiger partial charge < -0.3 is 9.88 Å². The highest BCUT2D eigenvalue weighted by Gasteiger charge is 2.25. The number of amides is 1. The molecule has 1 N–H and O–H groups in total. The highest BCUT2D eigenvalue weighted by Crippen LogP contribution is 2.31. The zero-order chi connectivity index (χ0) is 24.9. The monoisotopic (exact) mass is 468 g/mol. The van der Waals surface area contributed by atoms with Gasteiger partial charge in [-0.05, 0) is 80.3 Å². The number of aromatic amines is 1. The second kappa shape index (κ2) is 10.9. The first-order chi connectivity index (χ1) is 16.9. The van der Waals surface area contributed by atoms with Gasteiger partial charge in [-0.3, -0.25) is 4.79 Å². The van der Waals surface area contributed by atoms with E-state index in [1.165, 1.54) is 12.0 Å². The number of rotatable bonds is 7. The molecule has 0 saturated carbocycles. The van der Waals surface area contributed by atoms with E-state index in [0.29, 0.717) is 17.4 Å². The van der Waals surface area contributed by atoms with Crippen molar-refractivity contribution in [1.29, 1.82) is 5.26 Å². The topological polar surface area (TPSA) is 72.8 Å². The van der Waals surface area contributed by atoms with E-state index in [4.69, 9.17) is 10.2 Å². The molecule has 2 aromatic carbocycles. The Balaban J connectivity index is 1.44. The molecule has 0 bridgehead atoms.